The number of rotatable bonds is 4. The number of para-hydroxylation sites is 1. The summed E-state index contributed by atoms with van der Waals surface area (Å²) in [6, 6.07) is 17.4. The molecule has 0 spiro atoms. The lowest BCUT2D eigenvalue weighted by Crippen LogP contribution is -1.95. The minimum absolute atomic E-state index is 0.182. The normalized spacial score (nSPS) is 11.3. The lowest BCUT2D eigenvalue weighted by atomic mass is 10.1. The maximum absolute atomic E-state index is 9.95. The molecule has 3 N–H and O–H groups in total. The van der Waals surface area contributed by atoms with Crippen LogP contribution in [0.4, 0.5) is 6.01 Å². The van der Waals surface area contributed by atoms with Gasteiger partial charge in [-0.15, -0.1) is 5.10 Å². The van der Waals surface area contributed by atoms with Crippen molar-refractivity contribution in [1.82, 2.24) is 20.2 Å². The fourth-order valence-corrected chi connectivity index (χ4v) is 3.37. The molecule has 0 aliphatic carbocycles. The first-order chi connectivity index (χ1) is 13.7. The van der Waals surface area contributed by atoms with E-state index in [-0.39, 0.29) is 5.75 Å². The summed E-state index contributed by atoms with van der Waals surface area (Å²) in [5.41, 5.74) is 3.98. The molecule has 3 aromatic heterocycles. The number of phenols is 1. The zero-order chi connectivity index (χ0) is 19.1. The number of aromatic hydroxyl groups is 1. The predicted molar refractivity (Wildman–Crippen MR) is 108 cm³/mol. The van der Waals surface area contributed by atoms with Gasteiger partial charge in [0.25, 0.3) is 5.89 Å². The fourth-order valence-electron chi connectivity index (χ4n) is 3.37. The van der Waals surface area contributed by atoms with Gasteiger partial charge in [0.2, 0.25) is 0 Å². The van der Waals surface area contributed by atoms with Gasteiger partial charge in [0, 0.05) is 28.4 Å². The van der Waals surface area contributed by atoms with E-state index in [1.54, 1.807) is 18.2 Å². The van der Waals surface area contributed by atoms with Crippen molar-refractivity contribution in [2.45, 2.75) is 6.92 Å². The molecule has 0 amide bonds. The molecule has 0 unspecified atom stereocenters. The molecule has 0 fully saturated rings. The molecule has 0 radical (unpaired) electrons. The number of pyridine rings is 1. The number of H-pyrrole nitrogens is 1. The van der Waals surface area contributed by atoms with Crippen molar-refractivity contribution in [3.63, 3.8) is 0 Å². The Balaban J connectivity index is 1.80. The number of nitrogens with zero attached hydrogens (tertiary/aromatic N) is 3. The molecular weight excluding hydrogens is 354 g/mol. The van der Waals surface area contributed by atoms with Crippen LogP contribution in [0.1, 0.15) is 6.92 Å². The first kappa shape index (κ1) is 16.3. The van der Waals surface area contributed by atoms with Gasteiger partial charge in [-0.05, 0) is 31.2 Å². The van der Waals surface area contributed by atoms with Crippen molar-refractivity contribution < 1.29 is 9.52 Å². The van der Waals surface area contributed by atoms with Crippen molar-refractivity contribution in [2.24, 2.45) is 0 Å². The molecule has 0 aliphatic rings. The summed E-state index contributed by atoms with van der Waals surface area (Å²) in [6.07, 6.45) is 0. The molecule has 28 heavy (non-hydrogen) atoms. The number of hydrogen-bond acceptors (Lipinski definition) is 6. The second-order valence-electron chi connectivity index (χ2n) is 6.44. The van der Waals surface area contributed by atoms with E-state index in [0.29, 0.717) is 29.8 Å². The summed E-state index contributed by atoms with van der Waals surface area (Å²) in [4.78, 5) is 8.23. The largest absolute Gasteiger partial charge is 0.508 e. The van der Waals surface area contributed by atoms with Crippen LogP contribution in [0.5, 0.6) is 5.75 Å². The highest BCUT2D eigenvalue weighted by Gasteiger charge is 2.17. The van der Waals surface area contributed by atoms with E-state index in [9.17, 15) is 5.11 Å². The molecule has 0 saturated carbocycles. The van der Waals surface area contributed by atoms with Crippen molar-refractivity contribution in [3.05, 3.63) is 54.6 Å². The zero-order valence-corrected chi connectivity index (χ0v) is 15.1. The first-order valence-electron chi connectivity index (χ1n) is 9.01. The third-order valence-corrected chi connectivity index (χ3v) is 4.59. The smallest absolute Gasteiger partial charge is 0.315 e. The Hall–Kier alpha value is -3.87. The number of fused-ring (bicyclic) bond motifs is 3. The quantitative estimate of drug-likeness (QED) is 0.428. The van der Waals surface area contributed by atoms with Crippen LogP contribution in [-0.4, -0.2) is 31.8 Å². The minimum Gasteiger partial charge on any atom is -0.508 e. The number of benzene rings is 2. The molecule has 0 saturated heterocycles. The fraction of sp³-hybridized carbons (Fsp3) is 0.0952. The Kier molecular flexibility index (Phi) is 3.72. The molecule has 0 bridgehead atoms. The monoisotopic (exact) mass is 371 g/mol. The van der Waals surface area contributed by atoms with Gasteiger partial charge in [0.05, 0.1) is 11.2 Å². The molecule has 138 valence electrons. The first-order valence-corrected chi connectivity index (χ1v) is 9.01. The van der Waals surface area contributed by atoms with Crippen LogP contribution < -0.4 is 5.32 Å². The van der Waals surface area contributed by atoms with E-state index >= 15 is 0 Å². The van der Waals surface area contributed by atoms with E-state index < -0.39 is 0 Å². The molecule has 7 nitrogen and oxygen atoms in total. The molecule has 0 aliphatic heterocycles. The van der Waals surface area contributed by atoms with Crippen LogP contribution in [-0.2, 0) is 0 Å². The average molecular weight is 371 g/mol. The highest BCUT2D eigenvalue weighted by atomic mass is 16.4. The van der Waals surface area contributed by atoms with Gasteiger partial charge in [-0.1, -0.05) is 35.4 Å². The Bertz CT molecular complexity index is 1300. The van der Waals surface area contributed by atoms with E-state index in [0.717, 1.165) is 27.4 Å². The summed E-state index contributed by atoms with van der Waals surface area (Å²) in [6.45, 7) is 2.64. The Labute approximate surface area is 160 Å². The van der Waals surface area contributed by atoms with Gasteiger partial charge in [-0.2, -0.15) is 0 Å². The summed E-state index contributed by atoms with van der Waals surface area (Å²) >= 11 is 0. The molecule has 0 atom stereocenters. The van der Waals surface area contributed by atoms with E-state index in [1.165, 1.54) is 0 Å². The van der Waals surface area contributed by atoms with Gasteiger partial charge < -0.3 is 19.8 Å². The Morgan fingerprint density at radius 2 is 1.93 bits per heavy atom. The molecule has 7 heteroatoms. The number of aromatic nitrogens is 4. The van der Waals surface area contributed by atoms with E-state index in [2.05, 4.69) is 26.6 Å². The average Bonchev–Trinajstić information content (AvgIpc) is 3.32. The third kappa shape index (κ3) is 2.64. The summed E-state index contributed by atoms with van der Waals surface area (Å²) in [5, 5.41) is 23.2. The van der Waals surface area contributed by atoms with E-state index in [4.69, 9.17) is 9.40 Å². The minimum atomic E-state index is 0.182. The van der Waals surface area contributed by atoms with Crippen LogP contribution in [0.2, 0.25) is 0 Å². The zero-order valence-electron chi connectivity index (χ0n) is 15.1. The summed E-state index contributed by atoms with van der Waals surface area (Å²) in [5.74, 6) is 0.519. The lowest BCUT2D eigenvalue weighted by Gasteiger charge is -2.06. The standard InChI is InChI=1S/C21H17N5O2/c1-2-22-21-26-25-20(28-21)17-11-15-14-8-3-4-9-16(14)23-19(15)18(24-17)12-6-5-7-13(27)10-12/h3-11,23,27H,2H2,1H3,(H,22,26). The summed E-state index contributed by atoms with van der Waals surface area (Å²) < 4.78 is 5.71. The van der Waals surface area contributed by atoms with Crippen molar-refractivity contribution in [1.29, 1.82) is 0 Å². The van der Waals surface area contributed by atoms with Crippen molar-refractivity contribution in [2.75, 3.05) is 11.9 Å². The van der Waals surface area contributed by atoms with Crippen molar-refractivity contribution in [3.8, 4) is 28.6 Å². The van der Waals surface area contributed by atoms with Crippen LogP contribution in [0, 0.1) is 0 Å². The van der Waals surface area contributed by atoms with Crippen LogP contribution in [0.25, 0.3) is 44.6 Å². The maximum Gasteiger partial charge on any atom is 0.315 e. The molecule has 5 aromatic rings. The van der Waals surface area contributed by atoms with Crippen LogP contribution in [0.3, 0.4) is 0 Å². The van der Waals surface area contributed by atoms with Crippen LogP contribution >= 0.6 is 0 Å². The van der Waals surface area contributed by atoms with Crippen LogP contribution in [0.15, 0.2) is 59.0 Å². The van der Waals surface area contributed by atoms with Gasteiger partial charge in [0.1, 0.15) is 11.4 Å². The Morgan fingerprint density at radius 3 is 2.79 bits per heavy atom. The lowest BCUT2D eigenvalue weighted by molar-refractivity contribution is 0.475. The molecule has 5 rings (SSSR count). The SMILES string of the molecule is CCNc1nnc(-c2cc3c([nH]c4ccccc43)c(-c3cccc(O)c3)n2)o1. The number of aromatic amines is 1. The number of phenolic OH excluding ortho intramolecular Hbond substituents is 1. The maximum atomic E-state index is 9.95. The number of anilines is 1. The van der Waals surface area contributed by atoms with E-state index in [1.807, 2.05) is 37.3 Å². The number of hydrogen-bond donors (Lipinski definition) is 3. The molecule has 2 aromatic carbocycles. The third-order valence-electron chi connectivity index (χ3n) is 4.59. The Morgan fingerprint density at radius 1 is 1.04 bits per heavy atom. The van der Waals surface area contributed by atoms with Crippen molar-refractivity contribution >= 4 is 27.8 Å². The van der Waals surface area contributed by atoms with Gasteiger partial charge in [0.15, 0.2) is 0 Å². The van der Waals surface area contributed by atoms with Gasteiger partial charge in [-0.25, -0.2) is 4.98 Å². The second-order valence-corrected chi connectivity index (χ2v) is 6.44. The highest BCUT2D eigenvalue weighted by molar-refractivity contribution is 6.12. The number of nitrogens with one attached hydrogen (secondary N) is 2. The predicted octanol–water partition coefficient (Wildman–Crippen LogP) is 4.57. The molecule has 3 heterocycles. The summed E-state index contributed by atoms with van der Waals surface area (Å²) in [7, 11) is 0. The molecular formula is C21H17N5O2. The highest BCUT2D eigenvalue weighted by Crippen LogP contribution is 2.35. The van der Waals surface area contributed by atoms with Gasteiger partial charge >= 0.3 is 6.01 Å². The van der Waals surface area contributed by atoms with Gasteiger partial charge in [-0.3, -0.25) is 0 Å². The second kappa shape index (κ2) is 6.38. The topological polar surface area (TPSA) is 99.9 Å².